The molecular weight excluding hydrogens is 234 g/mol. The van der Waals surface area contributed by atoms with Crippen molar-refractivity contribution in [3.8, 4) is 0 Å². The van der Waals surface area contributed by atoms with Gasteiger partial charge in [-0.1, -0.05) is 6.07 Å². The number of nitrogen functional groups attached to an aromatic ring is 1. The Balaban J connectivity index is 2.67. The second-order valence-corrected chi connectivity index (χ2v) is 4.53. The Bertz CT molecular complexity index is 421. The van der Waals surface area contributed by atoms with Gasteiger partial charge in [0.05, 0.1) is 11.0 Å². The van der Waals surface area contributed by atoms with Crippen molar-refractivity contribution in [3.63, 3.8) is 0 Å². The molecule has 0 heterocycles. The molecule has 6 heteroatoms. The van der Waals surface area contributed by atoms with E-state index in [1.54, 1.807) is 19.1 Å². The Morgan fingerprint density at radius 3 is 2.78 bits per heavy atom. The predicted octanol–water partition coefficient (Wildman–Crippen LogP) is 1.38. The average Bonchev–Trinajstić information content (AvgIpc) is 2.28. The summed E-state index contributed by atoms with van der Waals surface area (Å²) in [5.41, 5.74) is 6.49. The number of anilines is 1. The lowest BCUT2D eigenvalue weighted by atomic mass is 10.1. The molecule has 0 aliphatic carbocycles. The molecule has 18 heavy (non-hydrogen) atoms. The van der Waals surface area contributed by atoms with Crippen molar-refractivity contribution in [2.45, 2.75) is 26.0 Å². The highest BCUT2D eigenvalue weighted by Crippen LogP contribution is 2.22. The van der Waals surface area contributed by atoms with E-state index in [1.807, 2.05) is 11.9 Å². The summed E-state index contributed by atoms with van der Waals surface area (Å²) in [7, 11) is 1.91. The van der Waals surface area contributed by atoms with Crippen LogP contribution in [-0.2, 0) is 6.54 Å². The van der Waals surface area contributed by atoms with Crippen molar-refractivity contribution < 1.29 is 10.0 Å². The van der Waals surface area contributed by atoms with Gasteiger partial charge < -0.3 is 15.7 Å². The Kier molecular flexibility index (Phi) is 5.06. The molecule has 0 radical (unpaired) electrons. The molecule has 1 unspecified atom stereocenters. The summed E-state index contributed by atoms with van der Waals surface area (Å²) in [5.74, 6) is 0. The third kappa shape index (κ3) is 4.31. The quantitative estimate of drug-likeness (QED) is 0.454. The van der Waals surface area contributed by atoms with Crippen LogP contribution in [0.4, 0.5) is 11.4 Å². The topological polar surface area (TPSA) is 92.6 Å². The monoisotopic (exact) mass is 253 g/mol. The van der Waals surface area contributed by atoms with Crippen LogP contribution >= 0.6 is 0 Å². The van der Waals surface area contributed by atoms with Crippen LogP contribution in [0.3, 0.4) is 0 Å². The molecule has 0 aromatic heterocycles. The fraction of sp³-hybridized carbons (Fsp3) is 0.500. The van der Waals surface area contributed by atoms with Gasteiger partial charge in [0.25, 0.3) is 5.69 Å². The van der Waals surface area contributed by atoms with Crippen LogP contribution in [0.5, 0.6) is 0 Å². The van der Waals surface area contributed by atoms with E-state index < -0.39 is 4.92 Å². The summed E-state index contributed by atoms with van der Waals surface area (Å²) in [6, 6.07) is 4.82. The molecule has 1 rings (SSSR count). The number of rotatable bonds is 6. The van der Waals surface area contributed by atoms with Crippen molar-refractivity contribution in [1.29, 1.82) is 0 Å². The van der Waals surface area contributed by atoms with Crippen LogP contribution in [0.15, 0.2) is 18.2 Å². The first kappa shape index (κ1) is 14.4. The fourth-order valence-corrected chi connectivity index (χ4v) is 1.64. The van der Waals surface area contributed by atoms with Crippen LogP contribution in [0.1, 0.15) is 18.9 Å². The number of hydrogen-bond acceptors (Lipinski definition) is 5. The SMILES string of the molecule is CC(O)CCN(C)Cc1ccc(N)c([N+](=O)[O-])c1. The summed E-state index contributed by atoms with van der Waals surface area (Å²) in [4.78, 5) is 12.3. The summed E-state index contributed by atoms with van der Waals surface area (Å²) in [5, 5.41) is 19.9. The third-order valence-corrected chi connectivity index (χ3v) is 2.67. The number of nitro groups is 1. The Morgan fingerprint density at radius 2 is 2.22 bits per heavy atom. The van der Waals surface area contributed by atoms with Crippen LogP contribution in [-0.4, -0.2) is 34.6 Å². The second kappa shape index (κ2) is 6.32. The Hall–Kier alpha value is -1.66. The Labute approximate surface area is 106 Å². The molecule has 0 spiro atoms. The highest BCUT2D eigenvalue weighted by atomic mass is 16.6. The van der Waals surface area contributed by atoms with Gasteiger partial charge in [0.1, 0.15) is 5.69 Å². The van der Waals surface area contributed by atoms with E-state index in [-0.39, 0.29) is 17.5 Å². The number of aliphatic hydroxyl groups is 1. The lowest BCUT2D eigenvalue weighted by Gasteiger charge is -2.17. The van der Waals surface area contributed by atoms with Crippen molar-refractivity contribution in [3.05, 3.63) is 33.9 Å². The van der Waals surface area contributed by atoms with Crippen molar-refractivity contribution in [2.24, 2.45) is 0 Å². The molecule has 0 aliphatic rings. The van der Waals surface area contributed by atoms with E-state index in [2.05, 4.69) is 0 Å². The zero-order valence-corrected chi connectivity index (χ0v) is 10.7. The van der Waals surface area contributed by atoms with E-state index in [0.29, 0.717) is 13.0 Å². The minimum atomic E-state index is -0.478. The van der Waals surface area contributed by atoms with Gasteiger partial charge in [0.2, 0.25) is 0 Å². The first-order valence-electron chi connectivity index (χ1n) is 5.79. The molecular formula is C12H19N3O3. The predicted molar refractivity (Wildman–Crippen MR) is 70.1 cm³/mol. The van der Waals surface area contributed by atoms with Gasteiger partial charge in [0.15, 0.2) is 0 Å². The maximum Gasteiger partial charge on any atom is 0.292 e. The van der Waals surface area contributed by atoms with E-state index in [0.717, 1.165) is 12.1 Å². The first-order valence-corrected chi connectivity index (χ1v) is 5.79. The zero-order valence-electron chi connectivity index (χ0n) is 10.7. The zero-order chi connectivity index (χ0) is 13.7. The average molecular weight is 253 g/mol. The molecule has 100 valence electrons. The molecule has 1 aromatic rings. The van der Waals surface area contributed by atoms with E-state index in [4.69, 9.17) is 5.73 Å². The van der Waals surface area contributed by atoms with Crippen molar-refractivity contribution >= 4 is 11.4 Å². The van der Waals surface area contributed by atoms with E-state index in [9.17, 15) is 15.2 Å². The number of benzene rings is 1. The molecule has 3 N–H and O–H groups in total. The molecule has 0 amide bonds. The number of nitro benzene ring substituents is 1. The number of aliphatic hydroxyl groups excluding tert-OH is 1. The molecule has 0 bridgehead atoms. The third-order valence-electron chi connectivity index (χ3n) is 2.67. The normalized spacial score (nSPS) is 12.7. The van der Waals surface area contributed by atoms with Crippen molar-refractivity contribution in [2.75, 3.05) is 19.3 Å². The largest absolute Gasteiger partial charge is 0.393 e. The first-order chi connectivity index (χ1) is 8.40. The van der Waals surface area contributed by atoms with Gasteiger partial charge in [-0.15, -0.1) is 0 Å². The smallest absolute Gasteiger partial charge is 0.292 e. The molecule has 0 aliphatic heterocycles. The maximum atomic E-state index is 10.8. The molecule has 0 fully saturated rings. The van der Waals surface area contributed by atoms with Crippen LogP contribution in [0.2, 0.25) is 0 Å². The second-order valence-electron chi connectivity index (χ2n) is 4.53. The summed E-state index contributed by atoms with van der Waals surface area (Å²) in [6.45, 7) is 3.06. The van der Waals surface area contributed by atoms with Gasteiger partial charge >= 0.3 is 0 Å². The molecule has 1 atom stereocenters. The van der Waals surface area contributed by atoms with E-state index >= 15 is 0 Å². The van der Waals surface area contributed by atoms with Gasteiger partial charge in [0, 0.05) is 19.2 Å². The highest BCUT2D eigenvalue weighted by molar-refractivity contribution is 5.59. The molecule has 6 nitrogen and oxygen atoms in total. The standard InChI is InChI=1S/C12H19N3O3/c1-9(16)5-6-14(2)8-10-3-4-11(13)12(7-10)15(17)18/h3-4,7,9,16H,5-6,8,13H2,1-2H3. The minimum Gasteiger partial charge on any atom is -0.393 e. The summed E-state index contributed by atoms with van der Waals surface area (Å²) >= 11 is 0. The fourth-order valence-electron chi connectivity index (χ4n) is 1.64. The molecule has 1 aromatic carbocycles. The molecule has 0 saturated heterocycles. The van der Waals surface area contributed by atoms with Crippen LogP contribution in [0.25, 0.3) is 0 Å². The lowest BCUT2D eigenvalue weighted by Crippen LogP contribution is -2.22. The number of nitrogens with two attached hydrogens (primary N) is 1. The summed E-state index contributed by atoms with van der Waals surface area (Å²) < 4.78 is 0. The van der Waals surface area contributed by atoms with Crippen molar-refractivity contribution in [1.82, 2.24) is 4.90 Å². The minimum absolute atomic E-state index is 0.0589. The van der Waals surface area contributed by atoms with Gasteiger partial charge in [-0.2, -0.15) is 0 Å². The van der Waals surface area contributed by atoms with Gasteiger partial charge in [-0.05, 0) is 32.0 Å². The van der Waals surface area contributed by atoms with E-state index in [1.165, 1.54) is 6.07 Å². The summed E-state index contributed by atoms with van der Waals surface area (Å²) in [6.07, 6.45) is 0.335. The number of hydrogen-bond donors (Lipinski definition) is 2. The number of nitrogens with zero attached hydrogens (tertiary/aromatic N) is 2. The van der Waals surface area contributed by atoms with Gasteiger partial charge in [-0.25, -0.2) is 0 Å². The van der Waals surface area contributed by atoms with Crippen LogP contribution in [0, 0.1) is 10.1 Å². The van der Waals surface area contributed by atoms with Gasteiger partial charge in [-0.3, -0.25) is 10.1 Å². The molecule has 0 saturated carbocycles. The van der Waals surface area contributed by atoms with Crippen LogP contribution < -0.4 is 5.73 Å². The maximum absolute atomic E-state index is 10.8. The Morgan fingerprint density at radius 1 is 1.56 bits per heavy atom. The highest BCUT2D eigenvalue weighted by Gasteiger charge is 2.12. The lowest BCUT2D eigenvalue weighted by molar-refractivity contribution is -0.384.